The zero-order valence-corrected chi connectivity index (χ0v) is 40.4. The van der Waals surface area contributed by atoms with Gasteiger partial charge in [0, 0.05) is 0 Å². The van der Waals surface area contributed by atoms with Gasteiger partial charge in [-0.05, 0) is 165 Å². The second kappa shape index (κ2) is 16.4. The SMILES string of the molecule is Cc1ccccc1-c1cc2c(-c3ccc4c(c3)C(c3ccccc3)(c3ccccc3)c3ccccc3-4)c3ccccc3c(-c3ccc4c(c3)C(c3ccccc3)(c3ccccc3)c3ccccc3-4)c2cc1C. The Bertz CT molecular complexity index is 4010. The lowest BCUT2D eigenvalue weighted by molar-refractivity contribution is 0.769. The van der Waals surface area contributed by atoms with Gasteiger partial charge in [-0.2, -0.15) is 0 Å². The van der Waals surface area contributed by atoms with Crippen molar-refractivity contribution in [1.82, 2.24) is 0 Å². The fourth-order valence-corrected chi connectivity index (χ4v) is 13.3. The van der Waals surface area contributed by atoms with E-state index in [0.717, 1.165) is 0 Å². The van der Waals surface area contributed by atoms with Gasteiger partial charge in [-0.3, -0.25) is 0 Å². The molecule has 12 aromatic carbocycles. The Morgan fingerprint density at radius 3 is 1.00 bits per heavy atom. The van der Waals surface area contributed by atoms with E-state index in [9.17, 15) is 0 Å². The van der Waals surface area contributed by atoms with E-state index in [-0.39, 0.29) is 0 Å². The predicted octanol–water partition coefficient (Wildman–Crippen LogP) is 18.3. The topological polar surface area (TPSA) is 0 Å². The van der Waals surface area contributed by atoms with Gasteiger partial charge >= 0.3 is 0 Å². The molecule has 0 spiro atoms. The van der Waals surface area contributed by atoms with Gasteiger partial charge < -0.3 is 0 Å². The molecule has 0 saturated heterocycles. The van der Waals surface area contributed by atoms with Crippen molar-refractivity contribution in [2.24, 2.45) is 0 Å². The Balaban J connectivity index is 1.09. The average Bonchev–Trinajstić information content (AvgIpc) is 3.91. The normalized spacial score (nSPS) is 13.6. The molecule has 14 rings (SSSR count). The van der Waals surface area contributed by atoms with Crippen molar-refractivity contribution in [2.45, 2.75) is 24.7 Å². The Morgan fingerprint density at radius 1 is 0.222 bits per heavy atom. The first kappa shape index (κ1) is 42.1. The molecule has 0 heteroatoms. The summed E-state index contributed by atoms with van der Waals surface area (Å²) in [7, 11) is 0. The van der Waals surface area contributed by atoms with Crippen LogP contribution in [0, 0.1) is 13.8 Å². The highest BCUT2D eigenvalue weighted by molar-refractivity contribution is 6.22. The number of aryl methyl sites for hydroxylation is 2. The monoisotopic (exact) mass is 914 g/mol. The third-order valence-electron chi connectivity index (χ3n) is 16.3. The van der Waals surface area contributed by atoms with Gasteiger partial charge in [0.15, 0.2) is 0 Å². The maximum atomic E-state index is 2.55. The summed E-state index contributed by atoms with van der Waals surface area (Å²) >= 11 is 0. The van der Waals surface area contributed by atoms with E-state index in [4.69, 9.17) is 0 Å². The first-order chi connectivity index (χ1) is 35.6. The Hall–Kier alpha value is -8.84. The van der Waals surface area contributed by atoms with Crippen LogP contribution in [0.2, 0.25) is 0 Å². The first-order valence-corrected chi connectivity index (χ1v) is 25.3. The van der Waals surface area contributed by atoms with Crippen LogP contribution in [0.15, 0.2) is 267 Å². The zero-order valence-electron chi connectivity index (χ0n) is 40.4. The lowest BCUT2D eigenvalue weighted by Gasteiger charge is -2.34. The molecule has 12 aromatic rings. The summed E-state index contributed by atoms with van der Waals surface area (Å²) in [6, 6.07) is 101. The Morgan fingerprint density at radius 2 is 0.569 bits per heavy atom. The van der Waals surface area contributed by atoms with E-state index in [2.05, 4.69) is 281 Å². The minimum absolute atomic E-state index is 0.518. The molecule has 2 aliphatic carbocycles. The third kappa shape index (κ3) is 5.93. The minimum Gasteiger partial charge on any atom is -0.0622 e. The summed E-state index contributed by atoms with van der Waals surface area (Å²) in [4.78, 5) is 0. The van der Waals surface area contributed by atoms with Crippen LogP contribution in [0.1, 0.15) is 55.6 Å². The fraction of sp³-hybridized carbons (Fsp3) is 0.0556. The molecular formula is C72H50. The summed E-state index contributed by atoms with van der Waals surface area (Å²) < 4.78 is 0. The molecular weight excluding hydrogens is 865 g/mol. The van der Waals surface area contributed by atoms with Crippen molar-refractivity contribution in [1.29, 1.82) is 0 Å². The molecule has 0 amide bonds. The molecule has 0 atom stereocenters. The highest BCUT2D eigenvalue weighted by Crippen LogP contribution is 2.59. The van der Waals surface area contributed by atoms with E-state index in [1.54, 1.807) is 0 Å². The van der Waals surface area contributed by atoms with Crippen molar-refractivity contribution >= 4 is 21.5 Å². The number of rotatable bonds is 7. The van der Waals surface area contributed by atoms with E-state index in [0.29, 0.717) is 0 Å². The highest BCUT2D eigenvalue weighted by atomic mass is 14.5. The van der Waals surface area contributed by atoms with Crippen molar-refractivity contribution < 1.29 is 0 Å². The summed E-state index contributed by atoms with van der Waals surface area (Å²) in [5.74, 6) is 0. The number of hydrogen-bond donors (Lipinski definition) is 0. The molecule has 0 saturated carbocycles. The molecule has 0 nitrogen and oxygen atoms in total. The van der Waals surface area contributed by atoms with Crippen molar-refractivity contribution in [3.63, 3.8) is 0 Å². The Labute approximate surface area is 422 Å². The maximum Gasteiger partial charge on any atom is 0.0713 e. The van der Waals surface area contributed by atoms with Crippen LogP contribution in [-0.2, 0) is 10.8 Å². The molecule has 0 aliphatic heterocycles. The van der Waals surface area contributed by atoms with E-state index in [1.165, 1.54) is 133 Å². The molecule has 2 aliphatic rings. The maximum absolute atomic E-state index is 2.55. The molecule has 72 heavy (non-hydrogen) atoms. The summed E-state index contributed by atoms with van der Waals surface area (Å²) in [6.45, 7) is 4.54. The second-order valence-electron chi connectivity index (χ2n) is 19.9. The largest absolute Gasteiger partial charge is 0.0713 e. The number of benzene rings is 12. The minimum atomic E-state index is -0.523. The van der Waals surface area contributed by atoms with Crippen molar-refractivity contribution in [2.75, 3.05) is 0 Å². The van der Waals surface area contributed by atoms with Gasteiger partial charge in [-0.1, -0.05) is 249 Å². The van der Waals surface area contributed by atoms with Crippen molar-refractivity contribution in [3.05, 3.63) is 323 Å². The predicted molar refractivity (Wildman–Crippen MR) is 302 cm³/mol. The van der Waals surface area contributed by atoms with E-state index < -0.39 is 10.8 Å². The third-order valence-corrected chi connectivity index (χ3v) is 16.3. The van der Waals surface area contributed by atoms with Crippen LogP contribution in [0.4, 0.5) is 0 Å². The van der Waals surface area contributed by atoms with Gasteiger partial charge in [0.05, 0.1) is 10.8 Å². The number of fused-ring (bicyclic) bond motifs is 8. The van der Waals surface area contributed by atoms with Crippen molar-refractivity contribution in [3.8, 4) is 55.6 Å². The summed E-state index contributed by atoms with van der Waals surface area (Å²) in [6.07, 6.45) is 0. The van der Waals surface area contributed by atoms with Crippen LogP contribution >= 0.6 is 0 Å². The molecule has 0 unspecified atom stereocenters. The van der Waals surface area contributed by atoms with Crippen LogP contribution in [0.5, 0.6) is 0 Å². The molecule has 0 heterocycles. The second-order valence-corrected chi connectivity index (χ2v) is 19.9. The summed E-state index contributed by atoms with van der Waals surface area (Å²) in [5.41, 5.74) is 24.4. The molecule has 0 fully saturated rings. The molecule has 0 N–H and O–H groups in total. The lowest BCUT2D eigenvalue weighted by Crippen LogP contribution is -2.28. The van der Waals surface area contributed by atoms with E-state index >= 15 is 0 Å². The first-order valence-electron chi connectivity index (χ1n) is 25.3. The van der Waals surface area contributed by atoms with Gasteiger partial charge in [-0.15, -0.1) is 0 Å². The van der Waals surface area contributed by atoms with Gasteiger partial charge in [-0.25, -0.2) is 0 Å². The van der Waals surface area contributed by atoms with Crippen LogP contribution in [0.3, 0.4) is 0 Å². The van der Waals surface area contributed by atoms with Gasteiger partial charge in [0.2, 0.25) is 0 Å². The standard InChI is InChI=1S/C72H50/c1-47-23-15-16-32-55(47)62-46-64-63(43-48(62)2)69(49-39-41-58-56-33-19-21-37-65(56)71(67(58)44-49,51-24-7-3-8-25-51)52-26-9-4-10-27-52)60-35-17-18-36-61(60)70(64)50-40-42-59-57-34-20-22-38-66(57)72(68(59)45-50,53-28-11-5-12-29-53)54-30-13-6-14-31-54/h3-46H,1-2H3. The quantitative estimate of drug-likeness (QED) is 0.140. The Kier molecular flexibility index (Phi) is 9.57. The number of hydrogen-bond acceptors (Lipinski definition) is 0. The molecule has 0 bridgehead atoms. The lowest BCUT2D eigenvalue weighted by atomic mass is 9.67. The molecule has 338 valence electrons. The van der Waals surface area contributed by atoms with Gasteiger partial charge in [0.25, 0.3) is 0 Å². The zero-order chi connectivity index (χ0) is 48.0. The smallest absolute Gasteiger partial charge is 0.0622 e. The average molecular weight is 915 g/mol. The fourth-order valence-electron chi connectivity index (χ4n) is 13.3. The summed E-state index contributed by atoms with van der Waals surface area (Å²) in [5, 5.41) is 4.97. The molecule has 0 aromatic heterocycles. The van der Waals surface area contributed by atoms with Crippen LogP contribution in [-0.4, -0.2) is 0 Å². The molecule has 0 radical (unpaired) electrons. The highest BCUT2D eigenvalue weighted by Gasteiger charge is 2.47. The van der Waals surface area contributed by atoms with Crippen LogP contribution in [0.25, 0.3) is 77.2 Å². The van der Waals surface area contributed by atoms with E-state index in [1.807, 2.05) is 0 Å². The van der Waals surface area contributed by atoms with Crippen LogP contribution < -0.4 is 0 Å². The van der Waals surface area contributed by atoms with Gasteiger partial charge in [0.1, 0.15) is 0 Å².